The molecule has 1 aliphatic rings. The molecule has 0 aliphatic heterocycles. The minimum Gasteiger partial charge on any atom is -0.380 e. The highest BCUT2D eigenvalue weighted by Crippen LogP contribution is 2.04. The van der Waals surface area contributed by atoms with Crippen LogP contribution in [0.5, 0.6) is 0 Å². The molecule has 0 aromatic rings. The Morgan fingerprint density at radius 1 is 1.00 bits per heavy atom. The van der Waals surface area contributed by atoms with E-state index in [-0.39, 0.29) is 0 Å². The normalized spacial score (nSPS) is 35.8. The number of rotatable bonds is 0. The minimum absolute atomic E-state index is 0.501. The third-order valence-electron chi connectivity index (χ3n) is 1.13. The third-order valence-corrected chi connectivity index (χ3v) is 1.13. The summed E-state index contributed by atoms with van der Waals surface area (Å²) in [6, 6.07) is 0. The smallest absolute Gasteiger partial charge is 0.115 e. The molecular formula is C6H8O2. The monoisotopic (exact) mass is 112 g/mol. The van der Waals surface area contributed by atoms with Crippen molar-refractivity contribution in [3.8, 4) is 11.8 Å². The van der Waals surface area contributed by atoms with E-state index in [1.165, 1.54) is 0 Å². The molecule has 1 rings (SSSR count). The average molecular weight is 112 g/mol. The molecule has 0 spiro atoms. The zero-order valence-corrected chi connectivity index (χ0v) is 4.46. The molecule has 8 heavy (non-hydrogen) atoms. The van der Waals surface area contributed by atoms with Crippen molar-refractivity contribution < 1.29 is 10.2 Å². The van der Waals surface area contributed by atoms with E-state index in [0.717, 1.165) is 0 Å². The molecule has 0 heterocycles. The van der Waals surface area contributed by atoms with Crippen LogP contribution in [0.1, 0.15) is 12.8 Å². The van der Waals surface area contributed by atoms with Crippen molar-refractivity contribution in [2.75, 3.05) is 0 Å². The predicted octanol–water partition coefficient (Wildman–Crippen LogP) is -0.495. The second-order valence-electron chi connectivity index (χ2n) is 1.90. The van der Waals surface area contributed by atoms with Crippen LogP contribution in [0.15, 0.2) is 0 Å². The molecule has 44 valence electrons. The maximum absolute atomic E-state index is 8.74. The first-order valence-electron chi connectivity index (χ1n) is 2.66. The van der Waals surface area contributed by atoms with Crippen molar-refractivity contribution in [3.63, 3.8) is 0 Å². The lowest BCUT2D eigenvalue weighted by atomic mass is 10.1. The Balaban J connectivity index is 2.52. The molecule has 0 aromatic heterocycles. The summed E-state index contributed by atoms with van der Waals surface area (Å²) < 4.78 is 0. The van der Waals surface area contributed by atoms with Gasteiger partial charge in [-0.2, -0.15) is 0 Å². The van der Waals surface area contributed by atoms with Gasteiger partial charge in [-0.05, 0) is 12.8 Å². The van der Waals surface area contributed by atoms with Gasteiger partial charge >= 0.3 is 0 Å². The summed E-state index contributed by atoms with van der Waals surface area (Å²) in [5, 5.41) is 17.5. The molecule has 0 unspecified atom stereocenters. The summed E-state index contributed by atoms with van der Waals surface area (Å²) in [4.78, 5) is 0. The van der Waals surface area contributed by atoms with Crippen LogP contribution in [-0.2, 0) is 0 Å². The van der Waals surface area contributed by atoms with Gasteiger partial charge in [0.25, 0.3) is 0 Å². The lowest BCUT2D eigenvalue weighted by molar-refractivity contribution is 0.161. The maximum atomic E-state index is 8.74. The molecule has 1 aliphatic carbocycles. The second kappa shape index (κ2) is 2.17. The topological polar surface area (TPSA) is 40.5 Å². The van der Waals surface area contributed by atoms with E-state index in [2.05, 4.69) is 11.8 Å². The quantitative estimate of drug-likeness (QED) is 0.415. The number of aliphatic hydroxyl groups excluding tert-OH is 2. The summed E-state index contributed by atoms with van der Waals surface area (Å²) in [6.07, 6.45) is 0.208. The Morgan fingerprint density at radius 2 is 1.38 bits per heavy atom. The minimum atomic E-state index is -0.501. The first kappa shape index (κ1) is 5.61. The van der Waals surface area contributed by atoms with Crippen LogP contribution in [0.4, 0.5) is 0 Å². The summed E-state index contributed by atoms with van der Waals surface area (Å²) in [7, 11) is 0. The van der Waals surface area contributed by atoms with Gasteiger partial charge in [-0.15, -0.1) is 0 Å². The van der Waals surface area contributed by atoms with E-state index >= 15 is 0 Å². The molecule has 0 saturated heterocycles. The van der Waals surface area contributed by atoms with Gasteiger partial charge in [0, 0.05) is 0 Å². The Kier molecular flexibility index (Phi) is 1.52. The van der Waals surface area contributed by atoms with E-state index < -0.39 is 12.2 Å². The Hall–Kier alpha value is -0.520. The molecule has 2 atom stereocenters. The molecule has 0 amide bonds. The van der Waals surface area contributed by atoms with Crippen LogP contribution in [0.25, 0.3) is 0 Å². The van der Waals surface area contributed by atoms with Crippen molar-refractivity contribution in [2.24, 2.45) is 0 Å². The van der Waals surface area contributed by atoms with E-state index in [1.807, 2.05) is 0 Å². The first-order chi connectivity index (χ1) is 3.79. The predicted molar refractivity (Wildman–Crippen MR) is 29.0 cm³/mol. The average Bonchev–Trinajstić information content (AvgIpc) is 1.77. The molecule has 2 nitrogen and oxygen atoms in total. The van der Waals surface area contributed by atoms with Crippen LogP contribution in [-0.4, -0.2) is 22.4 Å². The Labute approximate surface area is 48.1 Å². The van der Waals surface area contributed by atoms with Gasteiger partial charge in [0.05, 0.1) is 0 Å². The fourth-order valence-corrected chi connectivity index (χ4v) is 0.652. The van der Waals surface area contributed by atoms with Crippen LogP contribution < -0.4 is 0 Å². The molecule has 2 N–H and O–H groups in total. The van der Waals surface area contributed by atoms with Crippen LogP contribution in [0, 0.1) is 11.8 Å². The number of hydrogen-bond acceptors (Lipinski definition) is 2. The summed E-state index contributed by atoms with van der Waals surface area (Å²) in [5.74, 6) is 4.97. The van der Waals surface area contributed by atoms with Crippen molar-refractivity contribution in [3.05, 3.63) is 0 Å². The van der Waals surface area contributed by atoms with Gasteiger partial charge in [-0.3, -0.25) is 0 Å². The Morgan fingerprint density at radius 3 is 1.62 bits per heavy atom. The number of hydrogen-bond donors (Lipinski definition) is 2. The Bertz CT molecular complexity index is 117. The summed E-state index contributed by atoms with van der Waals surface area (Å²) in [6.45, 7) is 0. The van der Waals surface area contributed by atoms with Crippen molar-refractivity contribution in [2.45, 2.75) is 25.0 Å². The van der Waals surface area contributed by atoms with Gasteiger partial charge in [0.2, 0.25) is 0 Å². The second-order valence-corrected chi connectivity index (χ2v) is 1.90. The third kappa shape index (κ3) is 1.22. The fraction of sp³-hybridized carbons (Fsp3) is 0.667. The molecule has 0 saturated carbocycles. The van der Waals surface area contributed by atoms with Gasteiger partial charge in [0.15, 0.2) is 0 Å². The maximum Gasteiger partial charge on any atom is 0.115 e. The molecule has 0 bridgehead atoms. The van der Waals surface area contributed by atoms with E-state index in [9.17, 15) is 0 Å². The molecule has 2 heteroatoms. The van der Waals surface area contributed by atoms with E-state index in [4.69, 9.17) is 10.2 Å². The largest absolute Gasteiger partial charge is 0.380 e. The SMILES string of the molecule is O[C@@H]1C#C[C@H](O)CC1. The van der Waals surface area contributed by atoms with E-state index in [0.29, 0.717) is 12.8 Å². The summed E-state index contributed by atoms with van der Waals surface area (Å²) >= 11 is 0. The zero-order chi connectivity index (χ0) is 5.98. The van der Waals surface area contributed by atoms with Crippen LogP contribution in [0.3, 0.4) is 0 Å². The lowest BCUT2D eigenvalue weighted by Gasteiger charge is -2.09. The van der Waals surface area contributed by atoms with Crippen molar-refractivity contribution in [1.29, 1.82) is 0 Å². The van der Waals surface area contributed by atoms with Crippen LogP contribution in [0.2, 0.25) is 0 Å². The molecule has 0 aromatic carbocycles. The van der Waals surface area contributed by atoms with Gasteiger partial charge < -0.3 is 10.2 Å². The van der Waals surface area contributed by atoms with E-state index in [1.54, 1.807) is 0 Å². The highest BCUT2D eigenvalue weighted by molar-refractivity contribution is 5.12. The first-order valence-corrected chi connectivity index (χ1v) is 2.66. The highest BCUT2D eigenvalue weighted by Gasteiger charge is 2.08. The van der Waals surface area contributed by atoms with Crippen molar-refractivity contribution >= 4 is 0 Å². The highest BCUT2D eigenvalue weighted by atomic mass is 16.3. The lowest BCUT2D eigenvalue weighted by Crippen LogP contribution is -2.15. The van der Waals surface area contributed by atoms with Crippen molar-refractivity contribution in [1.82, 2.24) is 0 Å². The number of aliphatic hydroxyl groups is 2. The van der Waals surface area contributed by atoms with Crippen LogP contribution >= 0.6 is 0 Å². The van der Waals surface area contributed by atoms with Gasteiger partial charge in [0.1, 0.15) is 12.2 Å². The molecule has 0 radical (unpaired) electrons. The molecule has 0 fully saturated rings. The summed E-state index contributed by atoms with van der Waals surface area (Å²) in [5.41, 5.74) is 0. The zero-order valence-electron chi connectivity index (χ0n) is 4.46. The fourth-order valence-electron chi connectivity index (χ4n) is 0.652. The standard InChI is InChI=1S/C6H8O2/c7-5-1-2-6(8)4-3-5/h5-8H,1-2H2/t5-,6+. The molecular weight excluding hydrogens is 104 g/mol. The van der Waals surface area contributed by atoms with Gasteiger partial charge in [-0.1, -0.05) is 11.8 Å². The van der Waals surface area contributed by atoms with Gasteiger partial charge in [-0.25, -0.2) is 0 Å².